The van der Waals surface area contributed by atoms with Gasteiger partial charge in [0.25, 0.3) is 0 Å². The highest BCUT2D eigenvalue weighted by atomic mass is 16.1. The van der Waals surface area contributed by atoms with Gasteiger partial charge in [0.05, 0.1) is 0 Å². The summed E-state index contributed by atoms with van der Waals surface area (Å²) in [7, 11) is 0. The smallest absolute Gasteiger partial charge is 0.158 e. The Morgan fingerprint density at radius 1 is 0.969 bits per heavy atom. The molecule has 3 heteroatoms. The van der Waals surface area contributed by atoms with Crippen molar-refractivity contribution in [1.29, 1.82) is 0 Å². The fourth-order valence-corrected chi connectivity index (χ4v) is 5.79. The van der Waals surface area contributed by atoms with Crippen molar-refractivity contribution in [3.8, 4) is 0 Å². The van der Waals surface area contributed by atoms with Crippen LogP contribution in [0.5, 0.6) is 0 Å². The number of carbonyl (C=O) groups excluding carboxylic acids is 1. The Morgan fingerprint density at radius 3 is 2.47 bits per heavy atom. The Bertz CT molecular complexity index is 882. The first kappa shape index (κ1) is 22.9. The summed E-state index contributed by atoms with van der Waals surface area (Å²) < 4.78 is 0. The summed E-state index contributed by atoms with van der Waals surface area (Å²) in [6.45, 7) is 2.32. The quantitative estimate of drug-likeness (QED) is 0.401. The second-order valence-electron chi connectivity index (χ2n) is 9.84. The van der Waals surface area contributed by atoms with Crippen LogP contribution in [0.15, 0.2) is 48.3 Å². The van der Waals surface area contributed by atoms with Gasteiger partial charge in [-0.05, 0) is 68.3 Å². The highest BCUT2D eigenvalue weighted by Gasteiger charge is 2.28. The summed E-state index contributed by atoms with van der Waals surface area (Å²) in [5.74, 6) is 3.61. The lowest BCUT2D eigenvalue weighted by molar-refractivity contribution is -0.107. The molecule has 170 valence electrons. The maximum atomic E-state index is 10.6. The third-order valence-corrected chi connectivity index (χ3v) is 7.73. The van der Waals surface area contributed by atoms with Crippen molar-refractivity contribution in [2.24, 2.45) is 17.8 Å². The van der Waals surface area contributed by atoms with E-state index in [-0.39, 0.29) is 0 Å². The zero-order valence-corrected chi connectivity index (χ0v) is 19.6. The van der Waals surface area contributed by atoms with E-state index in [0.717, 1.165) is 54.7 Å². The molecule has 0 bridgehead atoms. The van der Waals surface area contributed by atoms with Gasteiger partial charge in [0.15, 0.2) is 5.82 Å². The standard InChI is InChI=1S/C29H38N2O/c1-2-5-22-9-12-24(13-10-22)25-15-17-26(18-16-25)28-20-30-29(31-21-28)27-8-3-6-23(11-14-27)7-4-19-32/h6,8,11,14,17,19-22,24-25H,2-5,7,9-10,12-13,15-16,18H2,1H3. The first-order chi connectivity index (χ1) is 15.8. The molecule has 3 aliphatic carbocycles. The molecule has 0 amide bonds. The number of hydrogen-bond acceptors (Lipinski definition) is 3. The van der Waals surface area contributed by atoms with Crippen LogP contribution in [0.3, 0.4) is 0 Å². The van der Waals surface area contributed by atoms with Crippen LogP contribution in [0.1, 0.15) is 95.4 Å². The molecule has 32 heavy (non-hydrogen) atoms. The number of aromatic nitrogens is 2. The van der Waals surface area contributed by atoms with Gasteiger partial charge in [0, 0.05) is 30.0 Å². The monoisotopic (exact) mass is 430 g/mol. The van der Waals surface area contributed by atoms with Crippen molar-refractivity contribution >= 4 is 17.4 Å². The van der Waals surface area contributed by atoms with Crippen molar-refractivity contribution in [2.45, 2.75) is 84.0 Å². The fraction of sp³-hybridized carbons (Fsp3) is 0.552. The van der Waals surface area contributed by atoms with Gasteiger partial charge in [-0.15, -0.1) is 0 Å². The van der Waals surface area contributed by atoms with Crippen molar-refractivity contribution < 1.29 is 4.79 Å². The molecular formula is C29H38N2O. The Morgan fingerprint density at radius 2 is 1.78 bits per heavy atom. The van der Waals surface area contributed by atoms with Crippen LogP contribution >= 0.6 is 0 Å². The Balaban J connectivity index is 1.32. The second kappa shape index (κ2) is 11.5. The minimum atomic E-state index is 0.576. The van der Waals surface area contributed by atoms with Gasteiger partial charge in [0.1, 0.15) is 6.29 Å². The molecule has 0 aliphatic heterocycles. The van der Waals surface area contributed by atoms with E-state index in [1.807, 2.05) is 12.4 Å². The Kier molecular flexibility index (Phi) is 8.25. The summed E-state index contributed by atoms with van der Waals surface area (Å²) >= 11 is 0. The molecule has 1 aromatic heterocycles. The van der Waals surface area contributed by atoms with Crippen molar-refractivity contribution in [1.82, 2.24) is 9.97 Å². The molecule has 1 unspecified atom stereocenters. The topological polar surface area (TPSA) is 42.9 Å². The molecular weight excluding hydrogens is 392 g/mol. The molecule has 3 nitrogen and oxygen atoms in total. The lowest BCUT2D eigenvalue weighted by Crippen LogP contribution is -2.23. The van der Waals surface area contributed by atoms with Gasteiger partial charge in [-0.2, -0.15) is 0 Å². The summed E-state index contributed by atoms with van der Waals surface area (Å²) in [6, 6.07) is 0. The van der Waals surface area contributed by atoms with Gasteiger partial charge >= 0.3 is 0 Å². The van der Waals surface area contributed by atoms with Crippen LogP contribution in [0.4, 0.5) is 0 Å². The predicted molar refractivity (Wildman–Crippen MR) is 133 cm³/mol. The molecule has 0 spiro atoms. The Hall–Kier alpha value is -2.29. The third kappa shape index (κ3) is 5.94. The number of allylic oxidation sites excluding steroid dienone is 8. The van der Waals surface area contributed by atoms with Gasteiger partial charge in [-0.25, -0.2) is 9.97 Å². The maximum absolute atomic E-state index is 10.6. The average Bonchev–Trinajstić information content (AvgIpc) is 3.09. The van der Waals surface area contributed by atoms with E-state index in [1.165, 1.54) is 68.1 Å². The summed E-state index contributed by atoms with van der Waals surface area (Å²) in [6.07, 6.45) is 30.5. The van der Waals surface area contributed by atoms with Gasteiger partial charge in [-0.3, -0.25) is 0 Å². The van der Waals surface area contributed by atoms with Crippen molar-refractivity contribution in [3.05, 3.63) is 59.7 Å². The molecule has 1 heterocycles. The minimum absolute atomic E-state index is 0.576. The first-order valence-electron chi connectivity index (χ1n) is 12.8. The average molecular weight is 431 g/mol. The minimum Gasteiger partial charge on any atom is -0.303 e. The molecule has 1 atom stereocenters. The molecule has 1 aromatic rings. The second-order valence-corrected chi connectivity index (χ2v) is 9.84. The molecule has 1 fully saturated rings. The zero-order chi connectivity index (χ0) is 22.2. The SMILES string of the molecule is CCCC1CCC(C2CC=C(c3cnc(C4=CCC=C(CCC=O)C=C4)nc3)CC2)CC1. The zero-order valence-electron chi connectivity index (χ0n) is 19.6. The van der Waals surface area contributed by atoms with Crippen LogP contribution in [-0.2, 0) is 4.79 Å². The highest BCUT2D eigenvalue weighted by molar-refractivity contribution is 5.72. The first-order valence-corrected chi connectivity index (χ1v) is 12.8. The number of nitrogens with zero attached hydrogens (tertiary/aromatic N) is 2. The summed E-state index contributed by atoms with van der Waals surface area (Å²) in [5, 5.41) is 0. The van der Waals surface area contributed by atoms with Gasteiger partial charge < -0.3 is 4.79 Å². The number of aldehydes is 1. The molecule has 0 saturated heterocycles. The number of hydrogen-bond donors (Lipinski definition) is 0. The molecule has 4 rings (SSSR count). The van der Waals surface area contributed by atoms with Gasteiger partial charge in [0.2, 0.25) is 0 Å². The number of carbonyl (C=O) groups is 1. The molecule has 1 saturated carbocycles. The van der Waals surface area contributed by atoms with E-state index in [1.54, 1.807) is 0 Å². The third-order valence-electron chi connectivity index (χ3n) is 7.73. The van der Waals surface area contributed by atoms with Crippen LogP contribution in [0, 0.1) is 17.8 Å². The summed E-state index contributed by atoms with van der Waals surface area (Å²) in [5.41, 5.74) is 4.88. The van der Waals surface area contributed by atoms with E-state index in [4.69, 9.17) is 9.97 Å². The van der Waals surface area contributed by atoms with Crippen molar-refractivity contribution in [3.63, 3.8) is 0 Å². The number of rotatable bonds is 8. The lowest BCUT2D eigenvalue weighted by Gasteiger charge is -2.35. The normalized spacial score (nSPS) is 26.0. The van der Waals surface area contributed by atoms with Crippen LogP contribution < -0.4 is 0 Å². The van der Waals surface area contributed by atoms with E-state index in [0.29, 0.717) is 6.42 Å². The van der Waals surface area contributed by atoms with E-state index in [2.05, 4.69) is 37.3 Å². The maximum Gasteiger partial charge on any atom is 0.158 e. The van der Waals surface area contributed by atoms with E-state index >= 15 is 0 Å². The van der Waals surface area contributed by atoms with Crippen LogP contribution in [0.2, 0.25) is 0 Å². The Labute approximate surface area is 193 Å². The van der Waals surface area contributed by atoms with E-state index in [9.17, 15) is 4.79 Å². The highest BCUT2D eigenvalue weighted by Crippen LogP contribution is 2.42. The predicted octanol–water partition coefficient (Wildman–Crippen LogP) is 7.52. The van der Waals surface area contributed by atoms with Crippen LogP contribution in [0.25, 0.3) is 11.1 Å². The van der Waals surface area contributed by atoms with Crippen LogP contribution in [-0.4, -0.2) is 16.3 Å². The molecule has 0 N–H and O–H groups in total. The largest absolute Gasteiger partial charge is 0.303 e. The molecule has 3 aliphatic rings. The lowest BCUT2D eigenvalue weighted by atomic mass is 9.70. The van der Waals surface area contributed by atoms with Crippen molar-refractivity contribution in [2.75, 3.05) is 0 Å². The molecule has 0 radical (unpaired) electrons. The summed E-state index contributed by atoms with van der Waals surface area (Å²) in [4.78, 5) is 20.0. The van der Waals surface area contributed by atoms with E-state index < -0.39 is 0 Å². The molecule has 0 aromatic carbocycles. The fourth-order valence-electron chi connectivity index (χ4n) is 5.79. The van der Waals surface area contributed by atoms with Gasteiger partial charge in [-0.1, -0.05) is 68.6 Å².